The lowest BCUT2D eigenvalue weighted by molar-refractivity contribution is 0.503. The van der Waals surface area contributed by atoms with E-state index in [1.807, 2.05) is 6.20 Å². The first kappa shape index (κ1) is 12.1. The quantitative estimate of drug-likeness (QED) is 0.690. The van der Waals surface area contributed by atoms with Gasteiger partial charge in [-0.1, -0.05) is 39.5 Å². The number of unbranched alkanes of at least 4 members (excludes halogenated alkanes) is 3. The van der Waals surface area contributed by atoms with Crippen molar-refractivity contribution in [3.8, 4) is 0 Å². The van der Waals surface area contributed by atoms with E-state index in [9.17, 15) is 4.79 Å². The minimum Gasteiger partial charge on any atom is -0.313 e. The van der Waals surface area contributed by atoms with Crippen LogP contribution < -0.4 is 5.69 Å². The Morgan fingerprint density at radius 2 is 2.00 bits per heavy atom. The van der Waals surface area contributed by atoms with Crippen molar-refractivity contribution < 1.29 is 0 Å². The molecule has 0 aliphatic rings. The van der Waals surface area contributed by atoms with Crippen molar-refractivity contribution in [2.75, 3.05) is 0 Å². The van der Waals surface area contributed by atoms with E-state index >= 15 is 0 Å². The maximum absolute atomic E-state index is 11.1. The molecule has 0 bridgehead atoms. The van der Waals surface area contributed by atoms with Gasteiger partial charge in [-0.3, -0.25) is 4.57 Å². The third-order valence-electron chi connectivity index (χ3n) is 2.65. The summed E-state index contributed by atoms with van der Waals surface area (Å²) in [6, 6.07) is 0. The fourth-order valence-electron chi connectivity index (χ4n) is 1.71. The van der Waals surface area contributed by atoms with E-state index in [-0.39, 0.29) is 5.69 Å². The van der Waals surface area contributed by atoms with E-state index < -0.39 is 0 Å². The van der Waals surface area contributed by atoms with Gasteiger partial charge in [-0.2, -0.15) is 0 Å². The average Bonchev–Trinajstić information content (AvgIpc) is 2.57. The number of aromatic amines is 1. The van der Waals surface area contributed by atoms with E-state index in [1.54, 1.807) is 10.8 Å². The Kier molecular flexibility index (Phi) is 5.22. The molecular weight excluding hydrogens is 188 g/mol. The van der Waals surface area contributed by atoms with E-state index in [0.717, 1.165) is 18.9 Å². The van der Waals surface area contributed by atoms with E-state index in [1.165, 1.54) is 25.7 Å². The molecule has 0 saturated heterocycles. The summed E-state index contributed by atoms with van der Waals surface area (Å²) in [5.74, 6) is 0.817. The van der Waals surface area contributed by atoms with Crippen LogP contribution in [-0.2, 0) is 6.54 Å². The molecule has 15 heavy (non-hydrogen) atoms. The van der Waals surface area contributed by atoms with Crippen LogP contribution in [0.5, 0.6) is 0 Å². The molecule has 0 spiro atoms. The summed E-state index contributed by atoms with van der Waals surface area (Å²) in [4.78, 5) is 13.8. The van der Waals surface area contributed by atoms with Crippen molar-refractivity contribution in [1.82, 2.24) is 9.55 Å². The predicted octanol–water partition coefficient (Wildman–Crippen LogP) is 2.78. The number of H-pyrrole nitrogens is 1. The van der Waals surface area contributed by atoms with Crippen molar-refractivity contribution >= 4 is 0 Å². The van der Waals surface area contributed by atoms with Gasteiger partial charge < -0.3 is 4.98 Å². The van der Waals surface area contributed by atoms with Crippen LogP contribution in [0.2, 0.25) is 0 Å². The lowest BCUT2D eigenvalue weighted by Crippen LogP contribution is -2.15. The minimum atomic E-state index is 0.0113. The van der Waals surface area contributed by atoms with E-state index in [4.69, 9.17) is 0 Å². The Balaban J connectivity index is 2.03. The second-order valence-corrected chi connectivity index (χ2v) is 4.56. The Morgan fingerprint density at radius 3 is 2.60 bits per heavy atom. The molecule has 3 heteroatoms. The Morgan fingerprint density at radius 1 is 1.27 bits per heavy atom. The molecule has 3 nitrogen and oxygen atoms in total. The topological polar surface area (TPSA) is 37.8 Å². The summed E-state index contributed by atoms with van der Waals surface area (Å²) >= 11 is 0. The highest BCUT2D eigenvalue weighted by molar-refractivity contribution is 4.75. The van der Waals surface area contributed by atoms with Crippen molar-refractivity contribution in [3.05, 3.63) is 22.9 Å². The zero-order chi connectivity index (χ0) is 11.1. The Bertz CT molecular complexity index is 311. The van der Waals surface area contributed by atoms with Crippen LogP contribution in [-0.4, -0.2) is 9.55 Å². The number of rotatable bonds is 7. The van der Waals surface area contributed by atoms with Crippen molar-refractivity contribution in [2.24, 2.45) is 5.92 Å². The summed E-state index contributed by atoms with van der Waals surface area (Å²) < 4.78 is 1.74. The van der Waals surface area contributed by atoms with Crippen LogP contribution in [0.1, 0.15) is 46.0 Å². The third kappa shape index (κ3) is 4.86. The average molecular weight is 210 g/mol. The van der Waals surface area contributed by atoms with E-state index in [2.05, 4.69) is 18.8 Å². The first-order chi connectivity index (χ1) is 7.20. The first-order valence-electron chi connectivity index (χ1n) is 5.94. The van der Waals surface area contributed by atoms with Gasteiger partial charge in [0, 0.05) is 18.9 Å². The van der Waals surface area contributed by atoms with Gasteiger partial charge in [0.2, 0.25) is 0 Å². The number of nitrogens with one attached hydrogen (secondary N) is 1. The summed E-state index contributed by atoms with van der Waals surface area (Å²) in [5, 5.41) is 0. The number of aromatic nitrogens is 2. The van der Waals surface area contributed by atoms with Crippen LogP contribution >= 0.6 is 0 Å². The molecule has 0 aliphatic carbocycles. The minimum absolute atomic E-state index is 0.0113. The second-order valence-electron chi connectivity index (χ2n) is 4.56. The fraction of sp³-hybridized carbons (Fsp3) is 0.750. The molecule has 1 rings (SSSR count). The molecule has 1 aromatic rings. The summed E-state index contributed by atoms with van der Waals surface area (Å²) in [7, 11) is 0. The van der Waals surface area contributed by atoms with Gasteiger partial charge in [0.1, 0.15) is 0 Å². The van der Waals surface area contributed by atoms with Crippen molar-refractivity contribution in [2.45, 2.75) is 52.5 Å². The number of nitrogens with zero attached hydrogens (tertiary/aromatic N) is 1. The van der Waals surface area contributed by atoms with Crippen LogP contribution in [0.3, 0.4) is 0 Å². The number of hydrogen-bond acceptors (Lipinski definition) is 1. The third-order valence-corrected chi connectivity index (χ3v) is 2.65. The molecule has 86 valence electrons. The van der Waals surface area contributed by atoms with Crippen molar-refractivity contribution in [1.29, 1.82) is 0 Å². The highest BCUT2D eigenvalue weighted by Crippen LogP contribution is 2.09. The normalized spacial score (nSPS) is 11.1. The lowest BCUT2D eigenvalue weighted by atomic mass is 10.0. The lowest BCUT2D eigenvalue weighted by Gasteiger charge is -2.04. The summed E-state index contributed by atoms with van der Waals surface area (Å²) in [6.45, 7) is 5.38. The molecule has 1 N–H and O–H groups in total. The molecule has 0 amide bonds. The molecule has 1 heterocycles. The standard InChI is InChI=1S/C12H22N2O/c1-11(2)7-5-3-4-6-9-14-10-8-13-12(14)15/h8,10-11H,3-7,9H2,1-2H3,(H,13,15). The van der Waals surface area contributed by atoms with Crippen molar-refractivity contribution in [3.63, 3.8) is 0 Å². The highest BCUT2D eigenvalue weighted by atomic mass is 16.1. The molecule has 0 aromatic carbocycles. The molecule has 0 atom stereocenters. The smallest absolute Gasteiger partial charge is 0.313 e. The van der Waals surface area contributed by atoms with Gasteiger partial charge >= 0.3 is 5.69 Å². The summed E-state index contributed by atoms with van der Waals surface area (Å²) in [5.41, 5.74) is 0.0113. The van der Waals surface area contributed by atoms with Gasteiger partial charge in [-0.15, -0.1) is 0 Å². The van der Waals surface area contributed by atoms with Crippen LogP contribution in [0.4, 0.5) is 0 Å². The molecular formula is C12H22N2O. The first-order valence-corrected chi connectivity index (χ1v) is 5.94. The Hall–Kier alpha value is -0.990. The zero-order valence-corrected chi connectivity index (χ0v) is 9.83. The van der Waals surface area contributed by atoms with E-state index in [0.29, 0.717) is 0 Å². The zero-order valence-electron chi connectivity index (χ0n) is 9.83. The second kappa shape index (κ2) is 6.49. The molecule has 0 radical (unpaired) electrons. The predicted molar refractivity (Wildman–Crippen MR) is 63.0 cm³/mol. The van der Waals surface area contributed by atoms with Gasteiger partial charge in [0.05, 0.1) is 0 Å². The molecule has 1 aromatic heterocycles. The van der Waals surface area contributed by atoms with Crippen LogP contribution in [0.15, 0.2) is 17.2 Å². The maximum Gasteiger partial charge on any atom is 0.325 e. The summed E-state index contributed by atoms with van der Waals surface area (Å²) in [6.07, 6.45) is 9.78. The van der Waals surface area contributed by atoms with Crippen LogP contribution in [0.25, 0.3) is 0 Å². The maximum atomic E-state index is 11.1. The molecule has 0 saturated carbocycles. The van der Waals surface area contributed by atoms with Gasteiger partial charge in [0.15, 0.2) is 0 Å². The molecule has 0 unspecified atom stereocenters. The highest BCUT2D eigenvalue weighted by Gasteiger charge is 1.97. The SMILES string of the molecule is CC(C)CCCCCCn1cc[nH]c1=O. The number of imidazole rings is 1. The Labute approximate surface area is 91.5 Å². The monoisotopic (exact) mass is 210 g/mol. The number of aryl methyl sites for hydroxylation is 1. The fourth-order valence-corrected chi connectivity index (χ4v) is 1.71. The molecule has 0 aliphatic heterocycles. The molecule has 0 fully saturated rings. The number of hydrogen-bond donors (Lipinski definition) is 1. The van der Waals surface area contributed by atoms with Gasteiger partial charge in [-0.25, -0.2) is 4.79 Å². The van der Waals surface area contributed by atoms with Gasteiger partial charge in [0.25, 0.3) is 0 Å². The van der Waals surface area contributed by atoms with Crippen LogP contribution in [0, 0.1) is 5.92 Å². The van der Waals surface area contributed by atoms with Gasteiger partial charge in [-0.05, 0) is 12.3 Å². The largest absolute Gasteiger partial charge is 0.325 e.